The van der Waals surface area contributed by atoms with E-state index in [1.807, 2.05) is 13.8 Å². The Morgan fingerprint density at radius 3 is 2.67 bits per heavy atom. The third-order valence-electron chi connectivity index (χ3n) is 2.52. The third kappa shape index (κ3) is 3.21. The lowest BCUT2D eigenvalue weighted by molar-refractivity contribution is 0.138. The lowest BCUT2D eigenvalue weighted by Crippen LogP contribution is -2.30. The topological polar surface area (TPSA) is 90.5 Å². The van der Waals surface area contributed by atoms with Gasteiger partial charge in [-0.05, 0) is 13.8 Å². The molecular weight excluding hydrogens is 256 g/mol. The van der Waals surface area contributed by atoms with Crippen LogP contribution in [-0.4, -0.2) is 49.3 Å². The van der Waals surface area contributed by atoms with Gasteiger partial charge >= 0.3 is 0 Å². The molecule has 1 aromatic heterocycles. The average Bonchev–Trinajstić information content (AvgIpc) is 2.71. The molecular formula is C10H20N4O3S. The van der Waals surface area contributed by atoms with Crippen molar-refractivity contribution in [1.82, 2.24) is 14.1 Å². The molecule has 2 N–H and O–H groups in total. The number of nitrogen functional groups attached to an aromatic ring is 1. The van der Waals surface area contributed by atoms with E-state index in [4.69, 9.17) is 10.5 Å². The molecule has 0 saturated carbocycles. The molecule has 0 aliphatic heterocycles. The molecule has 18 heavy (non-hydrogen) atoms. The predicted molar refractivity (Wildman–Crippen MR) is 68.6 cm³/mol. The minimum atomic E-state index is -3.59. The highest BCUT2D eigenvalue weighted by Crippen LogP contribution is 2.19. The van der Waals surface area contributed by atoms with Crippen LogP contribution in [-0.2, 0) is 21.3 Å². The van der Waals surface area contributed by atoms with E-state index >= 15 is 0 Å². The van der Waals surface area contributed by atoms with Crippen LogP contribution in [0.3, 0.4) is 0 Å². The maximum atomic E-state index is 12.2. The molecule has 0 atom stereocenters. The maximum absolute atomic E-state index is 12.2. The highest BCUT2D eigenvalue weighted by molar-refractivity contribution is 7.89. The summed E-state index contributed by atoms with van der Waals surface area (Å²) in [6.07, 6.45) is 1.45. The Labute approximate surface area is 108 Å². The summed E-state index contributed by atoms with van der Waals surface area (Å²) in [4.78, 5) is 0.0448. The van der Waals surface area contributed by atoms with Crippen molar-refractivity contribution >= 4 is 15.8 Å². The minimum Gasteiger partial charge on any atom is -0.381 e. The van der Waals surface area contributed by atoms with E-state index in [-0.39, 0.29) is 17.3 Å². The van der Waals surface area contributed by atoms with Gasteiger partial charge < -0.3 is 10.5 Å². The number of ether oxygens (including phenoxy) is 1. The Bertz CT molecular complexity index is 483. The quantitative estimate of drug-likeness (QED) is 0.715. The minimum absolute atomic E-state index is 0.0279. The number of sulfonamides is 1. The van der Waals surface area contributed by atoms with E-state index in [2.05, 4.69) is 5.10 Å². The number of aryl methyl sites for hydroxylation is 1. The van der Waals surface area contributed by atoms with Crippen molar-refractivity contribution in [1.29, 1.82) is 0 Å². The first kappa shape index (κ1) is 14.9. The summed E-state index contributed by atoms with van der Waals surface area (Å²) in [5.41, 5.74) is 5.63. The molecule has 0 fully saturated rings. The second kappa shape index (κ2) is 6.17. The molecule has 1 aromatic rings. The van der Waals surface area contributed by atoms with Gasteiger partial charge in [-0.3, -0.25) is 4.68 Å². The average molecular weight is 276 g/mol. The molecule has 8 heteroatoms. The first-order valence-electron chi connectivity index (χ1n) is 5.80. The summed E-state index contributed by atoms with van der Waals surface area (Å²) in [6.45, 7) is 5.49. The zero-order valence-electron chi connectivity index (χ0n) is 11.0. The fourth-order valence-corrected chi connectivity index (χ4v) is 2.61. The number of aromatic nitrogens is 2. The van der Waals surface area contributed by atoms with Crippen molar-refractivity contribution in [2.24, 2.45) is 0 Å². The first-order valence-corrected chi connectivity index (χ1v) is 7.24. The molecule has 1 rings (SSSR count). The van der Waals surface area contributed by atoms with Crippen LogP contribution in [0.4, 0.5) is 5.82 Å². The summed E-state index contributed by atoms with van der Waals surface area (Å²) < 4.78 is 32.3. The summed E-state index contributed by atoms with van der Waals surface area (Å²) >= 11 is 0. The second-order valence-electron chi connectivity index (χ2n) is 3.76. The normalized spacial score (nSPS) is 12.2. The van der Waals surface area contributed by atoms with E-state index in [1.54, 1.807) is 0 Å². The van der Waals surface area contributed by atoms with Gasteiger partial charge in [-0.15, -0.1) is 0 Å². The van der Waals surface area contributed by atoms with Crippen LogP contribution in [0.1, 0.15) is 13.8 Å². The monoisotopic (exact) mass is 276 g/mol. The van der Waals surface area contributed by atoms with Crippen LogP contribution in [0.2, 0.25) is 0 Å². The van der Waals surface area contributed by atoms with Gasteiger partial charge in [0.15, 0.2) is 5.82 Å². The zero-order valence-corrected chi connectivity index (χ0v) is 11.8. The van der Waals surface area contributed by atoms with Gasteiger partial charge in [0.1, 0.15) is 4.90 Å². The van der Waals surface area contributed by atoms with E-state index in [1.165, 1.54) is 22.2 Å². The Hall–Kier alpha value is -1.12. The lowest BCUT2D eigenvalue weighted by atomic mass is 10.6. The summed E-state index contributed by atoms with van der Waals surface area (Å²) in [7, 11) is -2.10. The van der Waals surface area contributed by atoms with Gasteiger partial charge in [0.25, 0.3) is 0 Å². The molecule has 0 unspecified atom stereocenters. The second-order valence-corrected chi connectivity index (χ2v) is 5.77. The summed E-state index contributed by atoms with van der Waals surface area (Å²) in [5, 5.41) is 3.93. The van der Waals surface area contributed by atoms with Gasteiger partial charge in [0, 0.05) is 32.9 Å². The molecule has 0 bridgehead atoms. The number of rotatable bonds is 7. The fraction of sp³-hybridized carbons (Fsp3) is 0.700. The Kier molecular flexibility index (Phi) is 5.12. The summed E-state index contributed by atoms with van der Waals surface area (Å²) in [5.74, 6) is 0.0279. The Morgan fingerprint density at radius 2 is 2.17 bits per heavy atom. The molecule has 0 saturated heterocycles. The van der Waals surface area contributed by atoms with E-state index in [0.29, 0.717) is 19.8 Å². The highest BCUT2D eigenvalue weighted by atomic mass is 32.2. The van der Waals surface area contributed by atoms with Crippen LogP contribution in [0.25, 0.3) is 0 Å². The van der Waals surface area contributed by atoms with E-state index < -0.39 is 10.0 Å². The molecule has 1 heterocycles. The molecule has 0 amide bonds. The van der Waals surface area contributed by atoms with Gasteiger partial charge in [-0.25, -0.2) is 8.42 Å². The largest absolute Gasteiger partial charge is 0.381 e. The molecule has 104 valence electrons. The molecule has 0 spiro atoms. The molecule has 7 nitrogen and oxygen atoms in total. The number of anilines is 1. The predicted octanol–water partition coefficient (Wildman–Crippen LogP) is 0.142. The van der Waals surface area contributed by atoms with Gasteiger partial charge in [0.2, 0.25) is 10.0 Å². The van der Waals surface area contributed by atoms with Crippen molar-refractivity contribution in [3.63, 3.8) is 0 Å². The van der Waals surface area contributed by atoms with Crippen molar-refractivity contribution in [3.05, 3.63) is 6.20 Å². The molecule has 0 aliphatic carbocycles. The van der Waals surface area contributed by atoms with Crippen LogP contribution >= 0.6 is 0 Å². The third-order valence-corrected chi connectivity index (χ3v) is 4.40. The van der Waals surface area contributed by atoms with E-state index in [0.717, 1.165) is 0 Å². The van der Waals surface area contributed by atoms with Crippen molar-refractivity contribution < 1.29 is 13.2 Å². The van der Waals surface area contributed by atoms with Gasteiger partial charge in [-0.1, -0.05) is 0 Å². The Morgan fingerprint density at radius 1 is 1.50 bits per heavy atom. The van der Waals surface area contributed by atoms with Crippen LogP contribution in [0.5, 0.6) is 0 Å². The maximum Gasteiger partial charge on any atom is 0.248 e. The number of hydrogen-bond donors (Lipinski definition) is 1. The molecule has 0 aliphatic rings. The summed E-state index contributed by atoms with van der Waals surface area (Å²) in [6, 6.07) is 0. The Balaban J connectivity index is 2.87. The van der Waals surface area contributed by atoms with Crippen LogP contribution in [0.15, 0.2) is 11.1 Å². The fourth-order valence-electron chi connectivity index (χ4n) is 1.40. The standard InChI is InChI=1S/C10H20N4O3S/c1-4-14-8-9(10(11)12-14)18(15,16)13(3)6-7-17-5-2/h8H,4-7H2,1-3H3,(H2,11,12). The van der Waals surface area contributed by atoms with Gasteiger partial charge in [-0.2, -0.15) is 9.40 Å². The zero-order chi connectivity index (χ0) is 13.8. The molecule has 0 aromatic carbocycles. The van der Waals surface area contributed by atoms with Crippen molar-refractivity contribution in [2.45, 2.75) is 25.3 Å². The van der Waals surface area contributed by atoms with E-state index in [9.17, 15) is 8.42 Å². The van der Waals surface area contributed by atoms with Crippen LogP contribution in [0, 0.1) is 0 Å². The number of hydrogen-bond acceptors (Lipinski definition) is 5. The molecule has 0 radical (unpaired) electrons. The number of likely N-dealkylation sites (N-methyl/N-ethyl adjacent to an activating group) is 1. The number of nitrogens with two attached hydrogens (primary N) is 1. The van der Waals surface area contributed by atoms with Crippen LogP contribution < -0.4 is 5.73 Å². The first-order chi connectivity index (χ1) is 8.43. The van der Waals surface area contributed by atoms with Gasteiger partial charge in [0.05, 0.1) is 6.61 Å². The smallest absolute Gasteiger partial charge is 0.248 e. The lowest BCUT2D eigenvalue weighted by Gasteiger charge is -2.16. The highest BCUT2D eigenvalue weighted by Gasteiger charge is 2.25. The van der Waals surface area contributed by atoms with Crippen molar-refractivity contribution in [2.75, 3.05) is 32.5 Å². The SMILES string of the molecule is CCOCCN(C)S(=O)(=O)c1cn(CC)nc1N. The van der Waals surface area contributed by atoms with Crippen molar-refractivity contribution in [3.8, 4) is 0 Å². The number of nitrogens with zero attached hydrogens (tertiary/aromatic N) is 3.